The number of hydrogen-bond acceptors (Lipinski definition) is 4. The molecule has 2 N–H and O–H groups in total. The number of nitro groups is 1. The third-order valence-electron chi connectivity index (χ3n) is 2.50. The minimum absolute atomic E-state index is 0.000739. The van der Waals surface area contributed by atoms with Crippen LogP contribution in [0.5, 0.6) is 0 Å². The van der Waals surface area contributed by atoms with Gasteiger partial charge in [-0.05, 0) is 12.5 Å². The highest BCUT2D eigenvalue weighted by molar-refractivity contribution is 5.71. The van der Waals surface area contributed by atoms with Gasteiger partial charge in [-0.1, -0.05) is 13.3 Å². The first-order valence-electron chi connectivity index (χ1n) is 5.45. The quantitative estimate of drug-likeness (QED) is 0.515. The number of rotatable bonds is 4. The fourth-order valence-corrected chi connectivity index (χ4v) is 1.58. The van der Waals surface area contributed by atoms with Crippen LogP contribution in [-0.4, -0.2) is 4.92 Å². The van der Waals surface area contributed by atoms with E-state index in [0.29, 0.717) is 12.5 Å². The molecular formula is C12H11F2N3O2. The topological polar surface area (TPSA) is 93.0 Å². The van der Waals surface area contributed by atoms with Crippen LogP contribution >= 0.6 is 0 Å². The summed E-state index contributed by atoms with van der Waals surface area (Å²) in [6, 6.07) is 3.23. The smallest absolute Gasteiger partial charge is 0.305 e. The fourth-order valence-electron chi connectivity index (χ4n) is 1.58. The molecule has 0 aliphatic heterocycles. The largest absolute Gasteiger partial charge is 0.397 e. The number of halogens is 2. The normalized spacial score (nSPS) is 11.7. The Kier molecular flexibility index (Phi) is 4.53. The van der Waals surface area contributed by atoms with Crippen molar-refractivity contribution in [1.29, 1.82) is 5.26 Å². The number of allylic oxidation sites excluding steroid dienone is 1. The molecule has 0 atom stereocenters. The number of nitro benzene ring substituents is 1. The van der Waals surface area contributed by atoms with Crippen molar-refractivity contribution in [2.75, 3.05) is 0 Å². The molecule has 1 aromatic rings. The minimum atomic E-state index is -1.37. The van der Waals surface area contributed by atoms with Gasteiger partial charge in [0.2, 0.25) is 5.82 Å². The van der Waals surface area contributed by atoms with E-state index in [2.05, 4.69) is 0 Å². The van der Waals surface area contributed by atoms with Gasteiger partial charge in [-0.15, -0.1) is 0 Å². The van der Waals surface area contributed by atoms with Crippen LogP contribution in [0.25, 0.3) is 5.70 Å². The molecule has 0 heterocycles. The first-order chi connectivity index (χ1) is 8.93. The molecule has 0 saturated heterocycles. The Hall–Kier alpha value is -2.49. The molecule has 0 aromatic heterocycles. The lowest BCUT2D eigenvalue weighted by atomic mass is 10.0. The number of nitriles is 1. The highest BCUT2D eigenvalue weighted by Gasteiger charge is 2.24. The van der Waals surface area contributed by atoms with Crippen molar-refractivity contribution in [3.05, 3.63) is 45.0 Å². The Morgan fingerprint density at radius 1 is 1.53 bits per heavy atom. The summed E-state index contributed by atoms with van der Waals surface area (Å²) in [5, 5.41) is 19.5. The molecule has 0 saturated carbocycles. The van der Waals surface area contributed by atoms with Gasteiger partial charge in [-0.25, -0.2) is 4.39 Å². The summed E-state index contributed by atoms with van der Waals surface area (Å²) in [5.41, 5.74) is 3.56. The number of nitrogens with two attached hydrogens (primary N) is 1. The van der Waals surface area contributed by atoms with Gasteiger partial charge in [0, 0.05) is 6.07 Å². The lowest BCUT2D eigenvalue weighted by Gasteiger charge is -2.08. The molecule has 0 amide bonds. The third kappa shape index (κ3) is 2.85. The number of hydrogen-bond donors (Lipinski definition) is 1. The molecule has 7 heteroatoms. The Morgan fingerprint density at radius 3 is 2.63 bits per heavy atom. The van der Waals surface area contributed by atoms with Gasteiger partial charge in [-0.2, -0.15) is 9.65 Å². The predicted molar refractivity (Wildman–Crippen MR) is 64.6 cm³/mol. The summed E-state index contributed by atoms with van der Waals surface area (Å²) in [7, 11) is 0. The van der Waals surface area contributed by atoms with Gasteiger partial charge in [0.25, 0.3) is 0 Å². The van der Waals surface area contributed by atoms with Crippen molar-refractivity contribution in [3.8, 4) is 6.07 Å². The Morgan fingerprint density at radius 2 is 2.16 bits per heavy atom. The van der Waals surface area contributed by atoms with Gasteiger partial charge < -0.3 is 5.73 Å². The number of nitrogens with zero attached hydrogens (tertiary/aromatic N) is 2. The SMILES string of the molecule is CCC/C(C#N)=C(/N)c1c(F)ccc([N+](=O)[O-])c1F. The molecule has 0 fully saturated rings. The van der Waals surface area contributed by atoms with Crippen LogP contribution < -0.4 is 5.73 Å². The zero-order chi connectivity index (χ0) is 14.6. The molecule has 19 heavy (non-hydrogen) atoms. The molecule has 0 unspecified atom stereocenters. The van der Waals surface area contributed by atoms with E-state index < -0.39 is 33.5 Å². The Balaban J connectivity index is 3.54. The van der Waals surface area contributed by atoms with E-state index in [-0.39, 0.29) is 12.0 Å². The zero-order valence-electron chi connectivity index (χ0n) is 10.1. The minimum Gasteiger partial charge on any atom is -0.397 e. The summed E-state index contributed by atoms with van der Waals surface area (Å²) in [6.45, 7) is 1.77. The lowest BCUT2D eigenvalue weighted by Crippen LogP contribution is -2.08. The first-order valence-corrected chi connectivity index (χ1v) is 5.45. The molecule has 0 bridgehead atoms. The highest BCUT2D eigenvalue weighted by atomic mass is 19.1. The molecule has 100 valence electrons. The molecular weight excluding hydrogens is 256 g/mol. The van der Waals surface area contributed by atoms with E-state index in [1.807, 2.05) is 0 Å². The maximum absolute atomic E-state index is 13.9. The van der Waals surface area contributed by atoms with Crippen LogP contribution in [-0.2, 0) is 0 Å². The van der Waals surface area contributed by atoms with Crippen molar-refractivity contribution < 1.29 is 13.7 Å². The van der Waals surface area contributed by atoms with E-state index in [9.17, 15) is 18.9 Å². The van der Waals surface area contributed by atoms with E-state index in [0.717, 1.165) is 6.07 Å². The molecule has 5 nitrogen and oxygen atoms in total. The first kappa shape index (κ1) is 14.6. The van der Waals surface area contributed by atoms with Crippen molar-refractivity contribution in [2.24, 2.45) is 5.73 Å². The van der Waals surface area contributed by atoms with Crippen molar-refractivity contribution >= 4 is 11.4 Å². The van der Waals surface area contributed by atoms with Crippen molar-refractivity contribution in [2.45, 2.75) is 19.8 Å². The summed E-state index contributed by atoms with van der Waals surface area (Å²) >= 11 is 0. The Labute approximate surface area is 108 Å². The monoisotopic (exact) mass is 267 g/mol. The highest BCUT2D eigenvalue weighted by Crippen LogP contribution is 2.28. The zero-order valence-corrected chi connectivity index (χ0v) is 10.1. The van der Waals surface area contributed by atoms with Crippen molar-refractivity contribution in [3.63, 3.8) is 0 Å². The van der Waals surface area contributed by atoms with E-state index in [1.165, 1.54) is 0 Å². The van der Waals surface area contributed by atoms with Gasteiger partial charge >= 0.3 is 5.69 Å². The van der Waals surface area contributed by atoms with Gasteiger partial charge in [0.15, 0.2) is 0 Å². The van der Waals surface area contributed by atoms with Crippen LogP contribution in [0.3, 0.4) is 0 Å². The van der Waals surface area contributed by atoms with Gasteiger partial charge in [0.05, 0.1) is 27.8 Å². The van der Waals surface area contributed by atoms with Crippen LogP contribution in [0.2, 0.25) is 0 Å². The second-order valence-corrected chi connectivity index (χ2v) is 3.77. The van der Waals surface area contributed by atoms with Crippen LogP contribution in [0.1, 0.15) is 25.3 Å². The maximum Gasteiger partial charge on any atom is 0.305 e. The maximum atomic E-state index is 13.9. The Bertz CT molecular complexity index is 591. The lowest BCUT2D eigenvalue weighted by molar-refractivity contribution is -0.387. The average Bonchev–Trinajstić information content (AvgIpc) is 2.35. The molecule has 1 aromatic carbocycles. The van der Waals surface area contributed by atoms with E-state index in [1.54, 1.807) is 13.0 Å². The summed E-state index contributed by atoms with van der Waals surface area (Å²) in [4.78, 5) is 9.62. The second-order valence-electron chi connectivity index (χ2n) is 3.77. The summed E-state index contributed by atoms with van der Waals surface area (Å²) in [6.07, 6.45) is 0.797. The molecule has 1 rings (SSSR count). The average molecular weight is 267 g/mol. The molecule has 0 aliphatic rings. The molecule has 0 spiro atoms. The number of benzene rings is 1. The molecule has 0 radical (unpaired) electrons. The van der Waals surface area contributed by atoms with Gasteiger partial charge in [-0.3, -0.25) is 10.1 Å². The molecule has 0 aliphatic carbocycles. The van der Waals surface area contributed by atoms with Crippen LogP contribution in [0.15, 0.2) is 17.7 Å². The summed E-state index contributed by atoms with van der Waals surface area (Å²) in [5.74, 6) is -2.41. The van der Waals surface area contributed by atoms with E-state index >= 15 is 0 Å². The van der Waals surface area contributed by atoms with Gasteiger partial charge in [0.1, 0.15) is 5.82 Å². The third-order valence-corrected chi connectivity index (χ3v) is 2.50. The summed E-state index contributed by atoms with van der Waals surface area (Å²) < 4.78 is 27.5. The fraction of sp³-hybridized carbons (Fsp3) is 0.250. The van der Waals surface area contributed by atoms with Crippen LogP contribution in [0, 0.1) is 33.1 Å². The van der Waals surface area contributed by atoms with E-state index in [4.69, 9.17) is 11.0 Å². The van der Waals surface area contributed by atoms with Crippen LogP contribution in [0.4, 0.5) is 14.5 Å². The second kappa shape index (κ2) is 5.91. The standard InChI is InChI=1S/C12H11F2N3O2/c1-2-3-7(6-15)12(16)10-8(13)4-5-9(11(10)14)17(18)19/h4-5H,2-3,16H2,1H3/b12-7-. The van der Waals surface area contributed by atoms with Crippen molar-refractivity contribution in [1.82, 2.24) is 0 Å². The predicted octanol–water partition coefficient (Wildman–Crippen LogP) is 2.87.